The Balaban J connectivity index is 0.000000598. The smallest absolute Gasteiger partial charge is 0.471 e. The van der Waals surface area contributed by atoms with Gasteiger partial charge >= 0.3 is 18.1 Å². The Hall–Kier alpha value is -4.59. The Morgan fingerprint density at radius 3 is 1.93 bits per heavy atom. The van der Waals surface area contributed by atoms with Gasteiger partial charge in [0, 0.05) is 30.5 Å². The number of nitrogens with one attached hydrogen (secondary N) is 2. The summed E-state index contributed by atoms with van der Waals surface area (Å²) >= 11 is 0. The highest BCUT2D eigenvalue weighted by atomic mass is 19.4. The Labute approximate surface area is 225 Å². The van der Waals surface area contributed by atoms with Crippen LogP contribution in [0.1, 0.15) is 58.4 Å². The average Bonchev–Trinajstić information content (AvgIpc) is 3.22. The second-order valence-electron chi connectivity index (χ2n) is 8.45. The lowest BCUT2D eigenvalue weighted by molar-refractivity contribution is -0.175. The highest BCUT2D eigenvalue weighted by Gasteiger charge is 2.40. The first kappa shape index (κ1) is 31.6. The van der Waals surface area contributed by atoms with E-state index in [9.17, 15) is 41.9 Å². The van der Waals surface area contributed by atoms with Gasteiger partial charge in [-0.05, 0) is 25.3 Å². The molecule has 14 heteroatoms. The highest BCUT2D eigenvalue weighted by Crippen LogP contribution is 2.16. The van der Waals surface area contributed by atoms with Gasteiger partial charge in [0.2, 0.25) is 0 Å². The minimum Gasteiger partial charge on any atom is -0.480 e. The van der Waals surface area contributed by atoms with E-state index >= 15 is 0 Å². The zero-order valence-electron chi connectivity index (χ0n) is 20.9. The standard InChI is InChI=1S/C22H21F3N2O5.C4H5NO3/c23-22(24,25)21(32)27-17(20(30)31)12-6-7-13-26-19(29)16-11-5-4-10-15(16)18(28)14-8-2-1-3-9-14;6-3-1-2-4(7)5(3)8/h1-5,8-11,17H,6-7,12-13H2,(H,26,29)(H,27,32)(H,30,31);8H,1-2H2/t17-;/m0./s1. The fourth-order valence-corrected chi connectivity index (χ4v) is 3.46. The molecule has 0 unspecified atom stereocenters. The van der Waals surface area contributed by atoms with Gasteiger partial charge in [-0.2, -0.15) is 18.2 Å². The average molecular weight is 566 g/mol. The van der Waals surface area contributed by atoms with Gasteiger partial charge in [0.15, 0.2) is 5.78 Å². The molecule has 0 saturated carbocycles. The molecule has 1 saturated heterocycles. The topological polar surface area (TPSA) is 170 Å². The summed E-state index contributed by atoms with van der Waals surface area (Å²) in [7, 11) is 0. The third-order valence-corrected chi connectivity index (χ3v) is 5.54. The SMILES string of the molecule is O=C(NCCCC[C@H](NC(=O)C(F)(F)F)C(=O)O)c1ccccc1C(=O)c1ccccc1.O=C1CCC(=O)N1O. The molecule has 1 aliphatic rings. The van der Waals surface area contributed by atoms with Gasteiger partial charge in [-0.15, -0.1) is 0 Å². The second-order valence-corrected chi connectivity index (χ2v) is 8.45. The fourth-order valence-electron chi connectivity index (χ4n) is 3.46. The van der Waals surface area contributed by atoms with Crippen LogP contribution < -0.4 is 10.6 Å². The zero-order chi connectivity index (χ0) is 29.9. The summed E-state index contributed by atoms with van der Waals surface area (Å²) in [6.45, 7) is 0.103. The van der Waals surface area contributed by atoms with E-state index < -0.39 is 41.8 Å². The number of amides is 4. The molecule has 1 heterocycles. The van der Waals surface area contributed by atoms with Crippen LogP contribution >= 0.6 is 0 Å². The molecule has 214 valence electrons. The predicted octanol–water partition coefficient (Wildman–Crippen LogP) is 2.47. The molecule has 2 aromatic carbocycles. The molecule has 0 aromatic heterocycles. The number of imide groups is 1. The van der Waals surface area contributed by atoms with Crippen LogP contribution in [0.15, 0.2) is 54.6 Å². The van der Waals surface area contributed by atoms with Crippen molar-refractivity contribution >= 4 is 35.4 Å². The summed E-state index contributed by atoms with van der Waals surface area (Å²) in [4.78, 5) is 67.7. The van der Waals surface area contributed by atoms with Crippen molar-refractivity contribution in [2.24, 2.45) is 0 Å². The molecule has 0 radical (unpaired) electrons. The molecule has 0 spiro atoms. The minimum atomic E-state index is -5.17. The van der Waals surface area contributed by atoms with Gasteiger partial charge in [0.25, 0.3) is 17.7 Å². The maximum absolute atomic E-state index is 12.7. The first-order valence-corrected chi connectivity index (χ1v) is 11.9. The lowest BCUT2D eigenvalue weighted by atomic mass is 9.98. The van der Waals surface area contributed by atoms with Gasteiger partial charge < -0.3 is 15.7 Å². The molecule has 40 heavy (non-hydrogen) atoms. The van der Waals surface area contributed by atoms with Crippen LogP contribution in [-0.4, -0.2) is 69.5 Å². The molecule has 0 bridgehead atoms. The third kappa shape index (κ3) is 9.31. The molecular weight excluding hydrogens is 539 g/mol. The van der Waals surface area contributed by atoms with Crippen molar-refractivity contribution in [3.05, 3.63) is 71.3 Å². The van der Waals surface area contributed by atoms with Crippen molar-refractivity contribution < 1.29 is 52.3 Å². The monoisotopic (exact) mass is 565 g/mol. The largest absolute Gasteiger partial charge is 0.480 e. The summed E-state index contributed by atoms with van der Waals surface area (Å²) in [5.41, 5.74) is 0.813. The van der Waals surface area contributed by atoms with Crippen molar-refractivity contribution in [1.82, 2.24) is 15.7 Å². The summed E-state index contributed by atoms with van der Waals surface area (Å²) in [5.74, 6) is -5.74. The van der Waals surface area contributed by atoms with Gasteiger partial charge in [0.05, 0.1) is 5.56 Å². The maximum Gasteiger partial charge on any atom is 0.471 e. The van der Waals surface area contributed by atoms with E-state index in [4.69, 9.17) is 10.3 Å². The van der Waals surface area contributed by atoms with E-state index in [0.29, 0.717) is 5.56 Å². The fraction of sp³-hybridized carbons (Fsp3) is 0.308. The molecule has 0 aliphatic carbocycles. The second kappa shape index (κ2) is 14.5. The van der Waals surface area contributed by atoms with Crippen LogP contribution in [0, 0.1) is 0 Å². The third-order valence-electron chi connectivity index (χ3n) is 5.54. The number of unbranched alkanes of at least 4 members (excludes halogenated alkanes) is 1. The number of carbonyl (C=O) groups excluding carboxylic acids is 5. The minimum absolute atomic E-state index is 0.103. The predicted molar refractivity (Wildman–Crippen MR) is 131 cm³/mol. The molecular formula is C26H26F3N3O8. The van der Waals surface area contributed by atoms with E-state index in [1.165, 1.54) is 17.4 Å². The van der Waals surface area contributed by atoms with Crippen LogP contribution in [0.5, 0.6) is 0 Å². The van der Waals surface area contributed by atoms with Crippen molar-refractivity contribution in [2.75, 3.05) is 6.54 Å². The van der Waals surface area contributed by atoms with Gasteiger partial charge in [0.1, 0.15) is 6.04 Å². The lowest BCUT2D eigenvalue weighted by Crippen LogP contribution is -2.46. The molecule has 1 fully saturated rings. The molecule has 4 N–H and O–H groups in total. The molecule has 4 amide bonds. The zero-order valence-corrected chi connectivity index (χ0v) is 20.9. The Bertz CT molecular complexity index is 1240. The first-order valence-electron chi connectivity index (χ1n) is 11.9. The number of carboxylic acids is 1. The van der Waals surface area contributed by atoms with E-state index in [1.807, 2.05) is 0 Å². The quantitative estimate of drug-likeness (QED) is 0.147. The molecule has 2 aromatic rings. The van der Waals surface area contributed by atoms with Crippen molar-refractivity contribution in [1.29, 1.82) is 0 Å². The summed E-state index contributed by atoms with van der Waals surface area (Å²) in [6, 6.07) is 13.0. The number of halogens is 3. The van der Waals surface area contributed by atoms with Crippen LogP contribution in [-0.2, 0) is 19.2 Å². The van der Waals surface area contributed by atoms with E-state index in [0.717, 1.165) is 0 Å². The van der Waals surface area contributed by atoms with Crippen molar-refractivity contribution in [2.45, 2.75) is 44.3 Å². The van der Waals surface area contributed by atoms with Crippen LogP contribution in [0.2, 0.25) is 0 Å². The molecule has 1 aliphatic heterocycles. The Morgan fingerprint density at radius 1 is 0.875 bits per heavy atom. The van der Waals surface area contributed by atoms with E-state index in [-0.39, 0.29) is 60.6 Å². The lowest BCUT2D eigenvalue weighted by Gasteiger charge is -2.15. The number of rotatable bonds is 10. The first-order chi connectivity index (χ1) is 18.8. The van der Waals surface area contributed by atoms with Crippen LogP contribution in [0.25, 0.3) is 0 Å². The number of hydrogen-bond donors (Lipinski definition) is 4. The van der Waals surface area contributed by atoms with Crippen molar-refractivity contribution in [3.63, 3.8) is 0 Å². The normalized spacial score (nSPS) is 13.7. The van der Waals surface area contributed by atoms with Gasteiger partial charge in [-0.25, -0.2) is 4.79 Å². The number of benzene rings is 2. The number of aliphatic carboxylic acids is 1. The number of hydrogen-bond acceptors (Lipinski definition) is 7. The number of hydroxylamine groups is 2. The number of alkyl halides is 3. The van der Waals surface area contributed by atoms with Crippen molar-refractivity contribution in [3.8, 4) is 0 Å². The van der Waals surface area contributed by atoms with Gasteiger partial charge in [-0.1, -0.05) is 48.5 Å². The van der Waals surface area contributed by atoms with E-state index in [2.05, 4.69) is 5.32 Å². The summed E-state index contributed by atoms with van der Waals surface area (Å²) < 4.78 is 36.9. The highest BCUT2D eigenvalue weighted by molar-refractivity contribution is 6.15. The molecule has 11 nitrogen and oxygen atoms in total. The number of nitrogens with zero attached hydrogens (tertiary/aromatic N) is 1. The van der Waals surface area contributed by atoms with E-state index in [1.54, 1.807) is 42.5 Å². The Morgan fingerprint density at radius 2 is 1.43 bits per heavy atom. The van der Waals surface area contributed by atoms with Gasteiger partial charge in [-0.3, -0.25) is 29.2 Å². The molecule has 1 atom stereocenters. The molecule has 3 rings (SSSR count). The maximum atomic E-state index is 12.7. The number of carbonyl (C=O) groups is 6. The summed E-state index contributed by atoms with van der Waals surface area (Å²) in [6.07, 6.45) is -4.72. The van der Waals surface area contributed by atoms with Crippen LogP contribution in [0.3, 0.4) is 0 Å². The number of ketones is 1. The van der Waals surface area contributed by atoms with Crippen LogP contribution in [0.4, 0.5) is 13.2 Å². The summed E-state index contributed by atoms with van der Waals surface area (Å²) in [5, 5.41) is 21.6. The Kier molecular flexibility index (Phi) is 11.5. The number of carboxylic acid groups (broad SMARTS) is 1.